The quantitative estimate of drug-likeness (QED) is 0.510. The van der Waals surface area contributed by atoms with E-state index in [2.05, 4.69) is 20.7 Å². The maximum atomic E-state index is 5.30. The van der Waals surface area contributed by atoms with Gasteiger partial charge in [-0.05, 0) is 20.8 Å². The number of ether oxygens (including phenoxy) is 1. The fourth-order valence-electron chi connectivity index (χ4n) is 1.10. The van der Waals surface area contributed by atoms with Crippen LogP contribution in [-0.2, 0) is 4.74 Å². The number of anilines is 2. The van der Waals surface area contributed by atoms with Crippen molar-refractivity contribution in [3.63, 3.8) is 0 Å². The van der Waals surface area contributed by atoms with Crippen LogP contribution in [0.4, 0.5) is 11.8 Å². The van der Waals surface area contributed by atoms with Crippen LogP contribution in [-0.4, -0.2) is 29.2 Å². The monoisotopic (exact) mass is 225 g/mol. The Morgan fingerprint density at radius 1 is 1.44 bits per heavy atom. The molecule has 0 aromatic carbocycles. The summed E-state index contributed by atoms with van der Waals surface area (Å²) in [5.74, 6) is 6.40. The Labute approximate surface area is 95.6 Å². The third kappa shape index (κ3) is 3.63. The fourth-order valence-corrected chi connectivity index (χ4v) is 1.10. The average molecular weight is 225 g/mol. The Bertz CT molecular complexity index is 353. The predicted octanol–water partition coefficient (Wildman–Crippen LogP) is 0.908. The van der Waals surface area contributed by atoms with Gasteiger partial charge in [0.2, 0.25) is 5.95 Å². The zero-order chi connectivity index (χ0) is 12.2. The number of rotatable bonds is 5. The molecule has 0 saturated carbocycles. The number of aryl methyl sites for hydroxylation is 1. The molecule has 0 atom stereocenters. The summed E-state index contributed by atoms with van der Waals surface area (Å²) in [6.07, 6.45) is 0. The maximum absolute atomic E-state index is 5.30. The molecule has 1 aromatic rings. The molecular formula is C10H19N5O. The largest absolute Gasteiger partial charge is 0.377 e. The second-order valence-electron chi connectivity index (χ2n) is 4.18. The molecule has 1 heterocycles. The highest BCUT2D eigenvalue weighted by Gasteiger charge is 2.16. The Balaban J connectivity index is 2.70. The normalized spacial score (nSPS) is 11.3. The first-order valence-electron chi connectivity index (χ1n) is 5.08. The molecule has 6 nitrogen and oxygen atoms in total. The number of hydrogen-bond acceptors (Lipinski definition) is 6. The Morgan fingerprint density at radius 3 is 2.69 bits per heavy atom. The molecule has 0 radical (unpaired) electrons. The van der Waals surface area contributed by atoms with Crippen LogP contribution in [0, 0.1) is 6.92 Å². The third-order valence-corrected chi connectivity index (χ3v) is 2.23. The molecule has 4 N–H and O–H groups in total. The molecule has 0 aliphatic heterocycles. The van der Waals surface area contributed by atoms with Gasteiger partial charge in [-0.3, -0.25) is 5.43 Å². The SMILES string of the molecule is COC(C)(C)CNc1cc(C)nc(NN)n1. The first kappa shape index (κ1) is 12.7. The van der Waals surface area contributed by atoms with Crippen LogP contribution >= 0.6 is 0 Å². The van der Waals surface area contributed by atoms with Crippen molar-refractivity contribution in [2.24, 2.45) is 5.84 Å². The van der Waals surface area contributed by atoms with Gasteiger partial charge in [-0.2, -0.15) is 4.98 Å². The highest BCUT2D eigenvalue weighted by Crippen LogP contribution is 2.12. The number of nitrogens with two attached hydrogens (primary N) is 1. The van der Waals surface area contributed by atoms with Gasteiger partial charge in [0.05, 0.1) is 5.60 Å². The maximum Gasteiger partial charge on any atom is 0.239 e. The van der Waals surface area contributed by atoms with Gasteiger partial charge in [-0.15, -0.1) is 0 Å². The second kappa shape index (κ2) is 5.09. The summed E-state index contributed by atoms with van der Waals surface area (Å²) in [6.45, 7) is 6.53. The van der Waals surface area contributed by atoms with Crippen molar-refractivity contribution in [1.29, 1.82) is 0 Å². The summed E-state index contributed by atoms with van der Waals surface area (Å²) in [5, 5.41) is 3.18. The van der Waals surface area contributed by atoms with Gasteiger partial charge in [0, 0.05) is 25.4 Å². The lowest BCUT2D eigenvalue weighted by Crippen LogP contribution is -2.32. The Morgan fingerprint density at radius 2 is 2.12 bits per heavy atom. The fraction of sp³-hybridized carbons (Fsp3) is 0.600. The molecule has 0 amide bonds. The molecule has 0 unspecified atom stereocenters. The molecule has 0 spiro atoms. The molecule has 0 bridgehead atoms. The lowest BCUT2D eigenvalue weighted by atomic mass is 10.1. The van der Waals surface area contributed by atoms with Crippen LogP contribution < -0.4 is 16.6 Å². The van der Waals surface area contributed by atoms with Gasteiger partial charge in [-0.25, -0.2) is 10.8 Å². The van der Waals surface area contributed by atoms with Gasteiger partial charge < -0.3 is 10.1 Å². The van der Waals surface area contributed by atoms with Crippen LogP contribution in [0.15, 0.2) is 6.07 Å². The summed E-state index contributed by atoms with van der Waals surface area (Å²) in [7, 11) is 1.68. The summed E-state index contributed by atoms with van der Waals surface area (Å²) >= 11 is 0. The zero-order valence-corrected chi connectivity index (χ0v) is 10.2. The lowest BCUT2D eigenvalue weighted by Gasteiger charge is -2.23. The Hall–Kier alpha value is -1.40. The molecular weight excluding hydrogens is 206 g/mol. The van der Waals surface area contributed by atoms with E-state index >= 15 is 0 Å². The molecule has 1 rings (SSSR count). The number of methoxy groups -OCH3 is 1. The van der Waals surface area contributed by atoms with E-state index < -0.39 is 0 Å². The smallest absolute Gasteiger partial charge is 0.239 e. The highest BCUT2D eigenvalue weighted by atomic mass is 16.5. The van der Waals surface area contributed by atoms with Crippen molar-refractivity contribution in [3.8, 4) is 0 Å². The van der Waals surface area contributed by atoms with Crippen LogP contribution in [0.2, 0.25) is 0 Å². The summed E-state index contributed by atoms with van der Waals surface area (Å²) in [6, 6.07) is 1.85. The van der Waals surface area contributed by atoms with Crippen LogP contribution in [0.1, 0.15) is 19.5 Å². The minimum Gasteiger partial charge on any atom is -0.377 e. The van der Waals surface area contributed by atoms with E-state index in [1.54, 1.807) is 7.11 Å². The topological polar surface area (TPSA) is 85.1 Å². The van der Waals surface area contributed by atoms with Gasteiger partial charge in [0.15, 0.2) is 0 Å². The lowest BCUT2D eigenvalue weighted by molar-refractivity contribution is 0.0343. The molecule has 16 heavy (non-hydrogen) atoms. The third-order valence-electron chi connectivity index (χ3n) is 2.23. The van der Waals surface area contributed by atoms with Crippen molar-refractivity contribution in [2.75, 3.05) is 24.4 Å². The molecule has 0 aliphatic rings. The molecule has 90 valence electrons. The van der Waals surface area contributed by atoms with Crippen LogP contribution in [0.5, 0.6) is 0 Å². The van der Waals surface area contributed by atoms with Crippen molar-refractivity contribution in [3.05, 3.63) is 11.8 Å². The number of hydrazine groups is 1. The van der Waals surface area contributed by atoms with E-state index in [0.29, 0.717) is 12.5 Å². The van der Waals surface area contributed by atoms with E-state index in [9.17, 15) is 0 Å². The standard InChI is InChI=1S/C10H19N5O/c1-7-5-8(14-9(13-7)15-11)12-6-10(2,3)16-4/h5H,6,11H2,1-4H3,(H2,12,13,14,15). The first-order valence-corrected chi connectivity index (χ1v) is 5.08. The van der Waals surface area contributed by atoms with Gasteiger partial charge in [0.25, 0.3) is 0 Å². The number of nitrogens with zero attached hydrogens (tertiary/aromatic N) is 2. The predicted molar refractivity (Wildman–Crippen MR) is 64.2 cm³/mol. The van der Waals surface area contributed by atoms with Crippen molar-refractivity contribution in [1.82, 2.24) is 9.97 Å². The van der Waals surface area contributed by atoms with Gasteiger partial charge in [0.1, 0.15) is 5.82 Å². The van der Waals surface area contributed by atoms with Crippen molar-refractivity contribution >= 4 is 11.8 Å². The second-order valence-corrected chi connectivity index (χ2v) is 4.18. The van der Waals surface area contributed by atoms with E-state index in [1.165, 1.54) is 0 Å². The minimum absolute atomic E-state index is 0.241. The molecule has 0 saturated heterocycles. The van der Waals surface area contributed by atoms with Crippen LogP contribution in [0.3, 0.4) is 0 Å². The highest BCUT2D eigenvalue weighted by molar-refractivity contribution is 5.41. The molecule has 1 aromatic heterocycles. The van der Waals surface area contributed by atoms with E-state index in [-0.39, 0.29) is 5.60 Å². The summed E-state index contributed by atoms with van der Waals surface area (Å²) in [4.78, 5) is 8.27. The van der Waals surface area contributed by atoms with Gasteiger partial charge in [-0.1, -0.05) is 0 Å². The minimum atomic E-state index is -0.241. The van der Waals surface area contributed by atoms with Crippen molar-refractivity contribution < 1.29 is 4.74 Å². The number of aromatic nitrogens is 2. The number of nitrogens with one attached hydrogen (secondary N) is 2. The van der Waals surface area contributed by atoms with E-state index in [0.717, 1.165) is 11.5 Å². The summed E-state index contributed by atoms with van der Waals surface area (Å²) < 4.78 is 5.30. The first-order chi connectivity index (χ1) is 7.46. The van der Waals surface area contributed by atoms with E-state index in [4.69, 9.17) is 10.6 Å². The number of hydrogen-bond donors (Lipinski definition) is 3. The summed E-state index contributed by atoms with van der Waals surface area (Å²) in [5.41, 5.74) is 3.03. The average Bonchev–Trinajstić information content (AvgIpc) is 2.26. The van der Waals surface area contributed by atoms with Gasteiger partial charge >= 0.3 is 0 Å². The zero-order valence-electron chi connectivity index (χ0n) is 10.2. The van der Waals surface area contributed by atoms with Crippen LogP contribution in [0.25, 0.3) is 0 Å². The molecule has 0 fully saturated rings. The number of nitrogen functional groups attached to an aromatic ring is 1. The Kier molecular flexibility index (Phi) is 4.03. The van der Waals surface area contributed by atoms with Crippen molar-refractivity contribution in [2.45, 2.75) is 26.4 Å². The molecule has 6 heteroatoms. The van der Waals surface area contributed by atoms with E-state index in [1.807, 2.05) is 26.8 Å². The molecule has 0 aliphatic carbocycles.